The van der Waals surface area contributed by atoms with E-state index in [1.807, 2.05) is 26.0 Å². The van der Waals surface area contributed by atoms with E-state index in [1.54, 1.807) is 0 Å². The first kappa shape index (κ1) is 21.4. The van der Waals surface area contributed by atoms with Crippen molar-refractivity contribution in [2.45, 2.75) is 95.7 Å². The van der Waals surface area contributed by atoms with Crippen LogP contribution < -0.4 is 0 Å². The Bertz CT molecular complexity index is 456. The monoisotopic (exact) mass is 394 g/mol. The molecule has 0 saturated heterocycles. The van der Waals surface area contributed by atoms with Crippen LogP contribution in [0.15, 0.2) is 24.3 Å². The molecule has 1 aromatic carbocycles. The van der Waals surface area contributed by atoms with Crippen molar-refractivity contribution in [2.75, 3.05) is 0 Å². The summed E-state index contributed by atoms with van der Waals surface area (Å²) in [5.74, 6) is 0.146. The third-order valence-corrected chi connectivity index (χ3v) is 4.94. The van der Waals surface area contributed by atoms with Crippen LogP contribution in [0.1, 0.15) is 101 Å². The molecule has 0 bridgehead atoms. The molecular formula is C22H35BrO. The Kier molecular flexibility index (Phi) is 10.6. The summed E-state index contributed by atoms with van der Waals surface area (Å²) in [7, 11) is 0. The second-order valence-corrected chi connectivity index (χ2v) is 9.41. The van der Waals surface area contributed by atoms with E-state index < -0.39 is 4.32 Å². The molecule has 0 aliphatic heterocycles. The van der Waals surface area contributed by atoms with Crippen LogP contribution in [0.25, 0.3) is 0 Å². The van der Waals surface area contributed by atoms with Crippen molar-refractivity contribution < 1.29 is 4.79 Å². The normalized spacial score (nSPS) is 11.7. The van der Waals surface area contributed by atoms with Gasteiger partial charge in [-0.25, -0.2) is 0 Å². The van der Waals surface area contributed by atoms with Gasteiger partial charge in [-0.05, 0) is 32.3 Å². The first-order valence-corrected chi connectivity index (χ1v) is 10.6. The topological polar surface area (TPSA) is 17.1 Å². The van der Waals surface area contributed by atoms with E-state index in [1.165, 1.54) is 69.8 Å². The average Bonchev–Trinajstić information content (AvgIpc) is 2.55. The molecule has 0 unspecified atom stereocenters. The van der Waals surface area contributed by atoms with Crippen molar-refractivity contribution in [3.8, 4) is 0 Å². The van der Waals surface area contributed by atoms with Gasteiger partial charge >= 0.3 is 0 Å². The van der Waals surface area contributed by atoms with Gasteiger partial charge in [-0.15, -0.1) is 0 Å². The molecule has 1 nitrogen and oxygen atoms in total. The number of benzene rings is 1. The Labute approximate surface area is 157 Å². The molecule has 0 N–H and O–H groups in total. The molecule has 24 heavy (non-hydrogen) atoms. The number of carbonyl (C=O) groups excluding carboxylic acids is 1. The number of unbranched alkanes of at least 4 members (excludes halogenated alkanes) is 9. The zero-order chi connectivity index (χ0) is 17.8. The van der Waals surface area contributed by atoms with Gasteiger partial charge in [0.05, 0.1) is 4.32 Å². The summed E-state index contributed by atoms with van der Waals surface area (Å²) in [6, 6.07) is 8.16. The van der Waals surface area contributed by atoms with Crippen LogP contribution in [-0.2, 0) is 6.42 Å². The van der Waals surface area contributed by atoms with Gasteiger partial charge in [-0.3, -0.25) is 4.79 Å². The number of ketones is 1. The molecule has 0 fully saturated rings. The largest absolute Gasteiger partial charge is 0.293 e. The number of aryl methyl sites for hydroxylation is 1. The van der Waals surface area contributed by atoms with E-state index in [4.69, 9.17) is 0 Å². The van der Waals surface area contributed by atoms with Crippen LogP contribution in [0, 0.1) is 0 Å². The van der Waals surface area contributed by atoms with Gasteiger partial charge in [0.2, 0.25) is 0 Å². The highest BCUT2D eigenvalue weighted by atomic mass is 79.9. The van der Waals surface area contributed by atoms with E-state index in [0.29, 0.717) is 0 Å². The molecule has 0 radical (unpaired) electrons. The maximum Gasteiger partial charge on any atom is 0.178 e. The number of Topliss-reactive ketones (excluding diaryl/α,β-unsaturated/α-hetero) is 1. The van der Waals surface area contributed by atoms with E-state index in [2.05, 4.69) is 35.0 Å². The predicted octanol–water partition coefficient (Wildman–Crippen LogP) is 7.51. The molecular weight excluding hydrogens is 360 g/mol. The highest BCUT2D eigenvalue weighted by Crippen LogP contribution is 2.22. The molecule has 1 rings (SSSR count). The summed E-state index contributed by atoms with van der Waals surface area (Å²) in [6.07, 6.45) is 14.9. The molecule has 0 spiro atoms. The SMILES string of the molecule is CCCCCCCCCCCCc1ccc(C(=O)C(C)(C)Br)cc1. The van der Waals surface area contributed by atoms with E-state index in [0.717, 1.165) is 12.0 Å². The second-order valence-electron chi connectivity index (χ2n) is 7.43. The van der Waals surface area contributed by atoms with Crippen LogP contribution in [-0.4, -0.2) is 10.1 Å². The maximum atomic E-state index is 12.2. The molecule has 2 heteroatoms. The van der Waals surface area contributed by atoms with Crippen molar-refractivity contribution in [3.05, 3.63) is 35.4 Å². The lowest BCUT2D eigenvalue weighted by Crippen LogP contribution is -2.23. The van der Waals surface area contributed by atoms with Crippen LogP contribution in [0.4, 0.5) is 0 Å². The fraction of sp³-hybridized carbons (Fsp3) is 0.682. The highest BCUT2D eigenvalue weighted by Gasteiger charge is 2.24. The summed E-state index contributed by atoms with van der Waals surface area (Å²) in [4.78, 5) is 12.2. The summed E-state index contributed by atoms with van der Waals surface area (Å²) in [5.41, 5.74) is 2.14. The Morgan fingerprint density at radius 3 is 1.75 bits per heavy atom. The van der Waals surface area contributed by atoms with Crippen LogP contribution in [0.2, 0.25) is 0 Å². The summed E-state index contributed by atoms with van der Waals surface area (Å²) >= 11 is 3.44. The molecule has 0 saturated carbocycles. The lowest BCUT2D eigenvalue weighted by Gasteiger charge is -2.14. The van der Waals surface area contributed by atoms with Crippen molar-refractivity contribution in [1.82, 2.24) is 0 Å². The first-order chi connectivity index (χ1) is 11.4. The summed E-state index contributed by atoms with van der Waals surface area (Å²) in [6.45, 7) is 6.06. The van der Waals surface area contributed by atoms with Gasteiger partial charge < -0.3 is 0 Å². The lowest BCUT2D eigenvalue weighted by atomic mass is 9.98. The number of hydrogen-bond donors (Lipinski definition) is 0. The quantitative estimate of drug-likeness (QED) is 0.192. The number of hydrogen-bond acceptors (Lipinski definition) is 1. The Balaban J connectivity index is 2.12. The van der Waals surface area contributed by atoms with Crippen molar-refractivity contribution in [3.63, 3.8) is 0 Å². The summed E-state index contributed by atoms with van der Waals surface area (Å²) in [5, 5.41) is 0. The standard InChI is InChI=1S/C22H35BrO/c1-4-5-6-7-8-9-10-11-12-13-14-19-15-17-20(18-16-19)21(24)22(2,3)23/h15-18H,4-14H2,1-3H3. The first-order valence-electron chi connectivity index (χ1n) is 9.78. The molecule has 0 aliphatic rings. The van der Waals surface area contributed by atoms with Gasteiger partial charge in [0, 0.05) is 5.56 Å². The number of alkyl halides is 1. The van der Waals surface area contributed by atoms with Crippen LogP contribution in [0.3, 0.4) is 0 Å². The fourth-order valence-corrected chi connectivity index (χ4v) is 3.21. The molecule has 136 valence electrons. The van der Waals surface area contributed by atoms with Crippen molar-refractivity contribution >= 4 is 21.7 Å². The molecule has 1 aromatic rings. The van der Waals surface area contributed by atoms with Crippen LogP contribution in [0.5, 0.6) is 0 Å². The number of halogens is 1. The Morgan fingerprint density at radius 1 is 0.833 bits per heavy atom. The van der Waals surface area contributed by atoms with Crippen molar-refractivity contribution in [2.24, 2.45) is 0 Å². The molecule has 0 aliphatic carbocycles. The van der Waals surface area contributed by atoms with Crippen LogP contribution >= 0.6 is 15.9 Å². The second kappa shape index (κ2) is 11.8. The Hall–Kier alpha value is -0.630. The molecule has 0 amide bonds. The molecule has 0 aromatic heterocycles. The fourth-order valence-electron chi connectivity index (χ4n) is 2.98. The van der Waals surface area contributed by atoms with E-state index >= 15 is 0 Å². The van der Waals surface area contributed by atoms with Gasteiger partial charge in [-0.1, -0.05) is 105 Å². The average molecular weight is 395 g/mol. The van der Waals surface area contributed by atoms with E-state index in [9.17, 15) is 4.79 Å². The molecule has 0 heterocycles. The third kappa shape index (κ3) is 9.01. The van der Waals surface area contributed by atoms with Gasteiger partial charge in [0.1, 0.15) is 0 Å². The summed E-state index contributed by atoms with van der Waals surface area (Å²) < 4.78 is -0.481. The van der Waals surface area contributed by atoms with Crippen molar-refractivity contribution in [1.29, 1.82) is 0 Å². The Morgan fingerprint density at radius 2 is 1.29 bits per heavy atom. The van der Waals surface area contributed by atoms with E-state index in [-0.39, 0.29) is 5.78 Å². The molecule has 0 atom stereocenters. The van der Waals surface area contributed by atoms with Gasteiger partial charge in [-0.2, -0.15) is 0 Å². The minimum absolute atomic E-state index is 0.146. The highest BCUT2D eigenvalue weighted by molar-refractivity contribution is 9.10. The number of rotatable bonds is 13. The minimum Gasteiger partial charge on any atom is -0.293 e. The van der Waals surface area contributed by atoms with Gasteiger partial charge in [0.15, 0.2) is 5.78 Å². The predicted molar refractivity (Wildman–Crippen MR) is 109 cm³/mol. The van der Waals surface area contributed by atoms with Gasteiger partial charge in [0.25, 0.3) is 0 Å². The lowest BCUT2D eigenvalue weighted by molar-refractivity contribution is 0.0961. The maximum absolute atomic E-state index is 12.2. The zero-order valence-electron chi connectivity index (χ0n) is 15.9. The minimum atomic E-state index is -0.481. The third-order valence-electron chi connectivity index (χ3n) is 4.58. The smallest absolute Gasteiger partial charge is 0.178 e. The zero-order valence-corrected chi connectivity index (χ0v) is 17.5. The number of carbonyl (C=O) groups is 1.